The predicted octanol–water partition coefficient (Wildman–Crippen LogP) is 4.38. The zero-order chi connectivity index (χ0) is 23.3. The van der Waals surface area contributed by atoms with Crippen LogP contribution < -0.4 is 10.0 Å². The number of amides is 1. The minimum absolute atomic E-state index is 0.0196. The van der Waals surface area contributed by atoms with Crippen molar-refractivity contribution >= 4 is 44.9 Å². The van der Waals surface area contributed by atoms with Crippen LogP contribution in [0.15, 0.2) is 71.6 Å². The minimum atomic E-state index is -4.00. The summed E-state index contributed by atoms with van der Waals surface area (Å²) in [5.41, 5.74) is 0.781. The average Bonchev–Trinajstić information content (AvgIpc) is 2.75. The van der Waals surface area contributed by atoms with Gasteiger partial charge in [0.25, 0.3) is 15.9 Å². The Hall–Kier alpha value is -3.43. The molecule has 0 atom stereocenters. The number of esters is 1. The molecular weight excluding hydrogens is 459 g/mol. The second-order valence-electron chi connectivity index (χ2n) is 6.69. The topological polar surface area (TPSA) is 102 Å². The van der Waals surface area contributed by atoms with E-state index in [2.05, 4.69) is 10.0 Å². The Morgan fingerprint density at radius 2 is 1.69 bits per heavy atom. The number of carbonyl (C=O) groups is 2. The van der Waals surface area contributed by atoms with Crippen LogP contribution in [0.1, 0.15) is 15.9 Å². The summed E-state index contributed by atoms with van der Waals surface area (Å²) in [4.78, 5) is 24.6. The van der Waals surface area contributed by atoms with Gasteiger partial charge in [0, 0.05) is 10.7 Å². The van der Waals surface area contributed by atoms with Gasteiger partial charge in [-0.15, -0.1) is 0 Å². The summed E-state index contributed by atoms with van der Waals surface area (Å²) in [7, 11) is -4.00. The number of halogens is 2. The van der Waals surface area contributed by atoms with Crippen molar-refractivity contribution in [2.24, 2.45) is 0 Å². The third kappa shape index (κ3) is 5.83. The second-order valence-corrected chi connectivity index (χ2v) is 8.81. The van der Waals surface area contributed by atoms with Crippen molar-refractivity contribution in [3.05, 3.63) is 88.7 Å². The van der Waals surface area contributed by atoms with Gasteiger partial charge in [0.1, 0.15) is 5.82 Å². The van der Waals surface area contributed by atoms with Crippen molar-refractivity contribution in [2.45, 2.75) is 11.8 Å². The largest absolute Gasteiger partial charge is 0.452 e. The summed E-state index contributed by atoms with van der Waals surface area (Å²) in [6, 6.07) is 15.2. The van der Waals surface area contributed by atoms with E-state index in [0.29, 0.717) is 10.6 Å². The molecule has 0 fully saturated rings. The lowest BCUT2D eigenvalue weighted by atomic mass is 10.2. The van der Waals surface area contributed by atoms with Crippen LogP contribution in [-0.4, -0.2) is 26.9 Å². The third-order valence-corrected chi connectivity index (χ3v) is 5.96. The van der Waals surface area contributed by atoms with E-state index in [0.717, 1.165) is 6.07 Å². The van der Waals surface area contributed by atoms with Gasteiger partial charge in [-0.05, 0) is 61.0 Å². The molecule has 2 N–H and O–H groups in total. The van der Waals surface area contributed by atoms with Crippen molar-refractivity contribution in [2.75, 3.05) is 16.6 Å². The van der Waals surface area contributed by atoms with E-state index in [4.69, 9.17) is 16.3 Å². The van der Waals surface area contributed by atoms with Gasteiger partial charge in [-0.25, -0.2) is 17.6 Å². The summed E-state index contributed by atoms with van der Waals surface area (Å²) < 4.78 is 45.9. The van der Waals surface area contributed by atoms with Crippen LogP contribution in [0.2, 0.25) is 5.02 Å². The molecule has 0 aliphatic rings. The highest BCUT2D eigenvalue weighted by Crippen LogP contribution is 2.22. The number of rotatable bonds is 7. The lowest BCUT2D eigenvalue weighted by Crippen LogP contribution is -2.22. The first-order valence-electron chi connectivity index (χ1n) is 9.26. The Bertz CT molecular complexity index is 1260. The van der Waals surface area contributed by atoms with Crippen LogP contribution in [0.5, 0.6) is 0 Å². The monoisotopic (exact) mass is 476 g/mol. The number of nitrogens with one attached hydrogen (secondary N) is 2. The molecular formula is C22H18ClFN2O5S. The lowest BCUT2D eigenvalue weighted by molar-refractivity contribution is -0.119. The fourth-order valence-corrected chi connectivity index (χ4v) is 3.90. The maximum atomic E-state index is 13.4. The van der Waals surface area contributed by atoms with Crippen molar-refractivity contribution in [1.82, 2.24) is 0 Å². The zero-order valence-electron chi connectivity index (χ0n) is 16.8. The first-order chi connectivity index (χ1) is 15.2. The van der Waals surface area contributed by atoms with Gasteiger partial charge in [0.2, 0.25) is 0 Å². The van der Waals surface area contributed by atoms with E-state index in [1.165, 1.54) is 60.7 Å². The highest BCUT2D eigenvalue weighted by molar-refractivity contribution is 7.92. The highest BCUT2D eigenvalue weighted by atomic mass is 35.5. The molecule has 1 amide bonds. The SMILES string of the molecule is Cc1ccc(F)cc1NC(=O)COC(=O)c1ccccc1NS(=O)(=O)c1ccc(Cl)cc1. The molecule has 0 spiro atoms. The maximum Gasteiger partial charge on any atom is 0.340 e. The number of benzene rings is 3. The van der Waals surface area contributed by atoms with E-state index < -0.39 is 34.3 Å². The van der Waals surface area contributed by atoms with Crippen LogP contribution in [0.25, 0.3) is 0 Å². The fraction of sp³-hybridized carbons (Fsp3) is 0.0909. The molecule has 7 nitrogen and oxygen atoms in total. The third-order valence-electron chi connectivity index (χ3n) is 4.32. The van der Waals surface area contributed by atoms with E-state index in [1.807, 2.05) is 0 Å². The van der Waals surface area contributed by atoms with Crippen LogP contribution in [-0.2, 0) is 19.6 Å². The van der Waals surface area contributed by atoms with Gasteiger partial charge in [0.05, 0.1) is 16.1 Å². The first-order valence-corrected chi connectivity index (χ1v) is 11.1. The molecule has 0 aliphatic carbocycles. The molecule has 3 aromatic carbocycles. The van der Waals surface area contributed by atoms with Crippen molar-refractivity contribution in [3.8, 4) is 0 Å². The summed E-state index contributed by atoms with van der Waals surface area (Å²) in [5.74, 6) is -2.11. The van der Waals surface area contributed by atoms with E-state index in [1.54, 1.807) is 6.92 Å². The molecule has 0 saturated carbocycles. The van der Waals surface area contributed by atoms with E-state index in [9.17, 15) is 22.4 Å². The van der Waals surface area contributed by atoms with Gasteiger partial charge in [-0.3, -0.25) is 9.52 Å². The molecule has 3 aromatic rings. The molecule has 32 heavy (non-hydrogen) atoms. The summed E-state index contributed by atoms with van der Waals surface area (Å²) >= 11 is 5.79. The van der Waals surface area contributed by atoms with E-state index >= 15 is 0 Å². The van der Waals surface area contributed by atoms with Crippen LogP contribution in [0, 0.1) is 12.7 Å². The Morgan fingerprint density at radius 3 is 2.41 bits per heavy atom. The number of sulfonamides is 1. The van der Waals surface area contributed by atoms with Crippen LogP contribution in [0.4, 0.5) is 15.8 Å². The Labute approximate surface area is 189 Å². The van der Waals surface area contributed by atoms with Gasteiger partial charge in [-0.1, -0.05) is 29.8 Å². The Morgan fingerprint density at radius 1 is 1.00 bits per heavy atom. The molecule has 0 radical (unpaired) electrons. The minimum Gasteiger partial charge on any atom is -0.452 e. The Balaban J connectivity index is 1.69. The average molecular weight is 477 g/mol. The number of hydrogen-bond donors (Lipinski definition) is 2. The lowest BCUT2D eigenvalue weighted by Gasteiger charge is -2.13. The number of anilines is 2. The molecule has 3 rings (SSSR count). The molecule has 10 heteroatoms. The predicted molar refractivity (Wildman–Crippen MR) is 119 cm³/mol. The Kier molecular flexibility index (Phi) is 7.12. The van der Waals surface area contributed by atoms with Crippen LogP contribution >= 0.6 is 11.6 Å². The van der Waals surface area contributed by atoms with Crippen molar-refractivity contribution in [1.29, 1.82) is 0 Å². The van der Waals surface area contributed by atoms with Gasteiger partial charge >= 0.3 is 5.97 Å². The highest BCUT2D eigenvalue weighted by Gasteiger charge is 2.20. The van der Waals surface area contributed by atoms with Gasteiger partial charge < -0.3 is 10.1 Å². The summed E-state index contributed by atoms with van der Waals surface area (Å²) in [6.45, 7) is 1.04. The smallest absolute Gasteiger partial charge is 0.340 e. The van der Waals surface area contributed by atoms with Crippen molar-refractivity contribution in [3.63, 3.8) is 0 Å². The molecule has 0 saturated heterocycles. The summed E-state index contributed by atoms with van der Waals surface area (Å²) in [6.07, 6.45) is 0. The van der Waals surface area contributed by atoms with E-state index in [-0.39, 0.29) is 21.8 Å². The number of carbonyl (C=O) groups excluding carboxylic acids is 2. The number of aryl methyl sites for hydroxylation is 1. The van der Waals surface area contributed by atoms with Crippen molar-refractivity contribution < 1.29 is 27.1 Å². The normalized spacial score (nSPS) is 11.0. The van der Waals surface area contributed by atoms with Gasteiger partial charge in [0.15, 0.2) is 6.61 Å². The number of ether oxygens (including phenoxy) is 1. The fourth-order valence-electron chi connectivity index (χ4n) is 2.69. The second kappa shape index (κ2) is 9.80. The number of hydrogen-bond acceptors (Lipinski definition) is 5. The molecule has 0 bridgehead atoms. The molecule has 0 unspecified atom stereocenters. The maximum absolute atomic E-state index is 13.4. The molecule has 0 aliphatic heterocycles. The molecule has 166 valence electrons. The van der Waals surface area contributed by atoms with Crippen LogP contribution in [0.3, 0.4) is 0 Å². The first kappa shape index (κ1) is 23.2. The summed E-state index contributed by atoms with van der Waals surface area (Å²) in [5, 5.41) is 2.83. The molecule has 0 heterocycles. The van der Waals surface area contributed by atoms with Gasteiger partial charge in [-0.2, -0.15) is 0 Å². The quantitative estimate of drug-likeness (QED) is 0.493. The zero-order valence-corrected chi connectivity index (χ0v) is 18.3. The number of para-hydroxylation sites is 1. The standard InChI is InChI=1S/C22H18ClFN2O5S/c1-14-6-9-16(24)12-20(14)25-21(27)13-31-22(28)18-4-2-3-5-19(18)26-32(29,30)17-10-7-15(23)8-11-17/h2-12,26H,13H2,1H3,(H,25,27). The molecule has 0 aromatic heterocycles.